The van der Waals surface area contributed by atoms with E-state index in [1.807, 2.05) is 17.9 Å². The van der Waals surface area contributed by atoms with Gasteiger partial charge in [0.15, 0.2) is 11.6 Å². The third kappa shape index (κ3) is 2.94. The van der Waals surface area contributed by atoms with Crippen molar-refractivity contribution in [3.63, 3.8) is 0 Å². The van der Waals surface area contributed by atoms with E-state index in [1.54, 1.807) is 13.1 Å². The lowest BCUT2D eigenvalue weighted by Crippen LogP contribution is -2.38. The highest BCUT2D eigenvalue weighted by atomic mass is 16.3. The minimum absolute atomic E-state index is 0.0517. The summed E-state index contributed by atoms with van der Waals surface area (Å²) >= 11 is 0. The second kappa shape index (κ2) is 5.63. The van der Waals surface area contributed by atoms with E-state index < -0.39 is 0 Å². The summed E-state index contributed by atoms with van der Waals surface area (Å²) in [6.45, 7) is 5.08. The molecule has 21 heavy (non-hydrogen) atoms. The molecular formula is C15H18N4O2. The highest BCUT2D eigenvalue weighted by Gasteiger charge is 2.26. The number of aryl methyl sites for hydroxylation is 2. The molecule has 1 amide bonds. The number of nitrogens with zero attached hydrogens (tertiary/aromatic N) is 4. The number of piperidine rings is 1. The first-order chi connectivity index (χ1) is 10.1. The van der Waals surface area contributed by atoms with Crippen molar-refractivity contribution in [2.45, 2.75) is 32.6 Å². The quantitative estimate of drug-likeness (QED) is 0.845. The van der Waals surface area contributed by atoms with Crippen LogP contribution < -0.4 is 0 Å². The smallest absolute Gasteiger partial charge is 0.275 e. The zero-order valence-corrected chi connectivity index (χ0v) is 12.2. The molecular weight excluding hydrogens is 268 g/mol. The number of oxazole rings is 1. The van der Waals surface area contributed by atoms with Crippen LogP contribution >= 0.6 is 0 Å². The van der Waals surface area contributed by atoms with Crippen LogP contribution in [0.1, 0.15) is 46.7 Å². The van der Waals surface area contributed by atoms with Gasteiger partial charge in [-0.25, -0.2) is 15.0 Å². The fraction of sp³-hybridized carbons (Fsp3) is 0.467. The monoisotopic (exact) mass is 286 g/mol. The number of carbonyl (C=O) groups is 1. The lowest BCUT2D eigenvalue weighted by molar-refractivity contribution is 0.0706. The minimum Gasteiger partial charge on any atom is -0.448 e. The summed E-state index contributed by atoms with van der Waals surface area (Å²) < 4.78 is 5.10. The Bertz CT molecular complexity index is 645. The molecule has 1 aliphatic heterocycles. The van der Waals surface area contributed by atoms with Crippen molar-refractivity contribution < 1.29 is 9.21 Å². The largest absolute Gasteiger partial charge is 0.448 e. The maximum Gasteiger partial charge on any atom is 0.275 e. The summed E-state index contributed by atoms with van der Waals surface area (Å²) in [5.74, 6) is 1.66. The third-order valence-corrected chi connectivity index (χ3v) is 3.84. The Balaban J connectivity index is 1.64. The van der Waals surface area contributed by atoms with Gasteiger partial charge in [0.05, 0.1) is 0 Å². The summed E-state index contributed by atoms with van der Waals surface area (Å²) in [5, 5.41) is 0. The molecule has 0 atom stereocenters. The van der Waals surface area contributed by atoms with Crippen molar-refractivity contribution in [3.05, 3.63) is 41.6 Å². The first kappa shape index (κ1) is 13.7. The Morgan fingerprint density at radius 2 is 2.05 bits per heavy atom. The topological polar surface area (TPSA) is 72.1 Å². The number of likely N-dealkylation sites (tertiary alicyclic amines) is 1. The van der Waals surface area contributed by atoms with Crippen molar-refractivity contribution >= 4 is 5.91 Å². The van der Waals surface area contributed by atoms with E-state index in [0.29, 0.717) is 17.5 Å². The number of aromatic nitrogens is 3. The van der Waals surface area contributed by atoms with Gasteiger partial charge in [-0.1, -0.05) is 0 Å². The van der Waals surface area contributed by atoms with Crippen molar-refractivity contribution in [3.8, 4) is 0 Å². The van der Waals surface area contributed by atoms with Crippen LogP contribution in [-0.4, -0.2) is 38.8 Å². The van der Waals surface area contributed by atoms with Crippen LogP contribution in [0, 0.1) is 13.8 Å². The lowest BCUT2D eigenvalue weighted by atomic mass is 9.93. The Labute approximate surface area is 123 Å². The molecule has 1 fully saturated rings. The highest BCUT2D eigenvalue weighted by molar-refractivity contribution is 5.92. The van der Waals surface area contributed by atoms with Gasteiger partial charge in [0.25, 0.3) is 5.91 Å². The van der Waals surface area contributed by atoms with Crippen LogP contribution in [0.4, 0.5) is 0 Å². The van der Waals surface area contributed by atoms with Gasteiger partial charge in [-0.15, -0.1) is 0 Å². The van der Waals surface area contributed by atoms with Gasteiger partial charge in [-0.3, -0.25) is 4.79 Å². The predicted molar refractivity (Wildman–Crippen MR) is 75.9 cm³/mol. The van der Waals surface area contributed by atoms with Crippen molar-refractivity contribution in [2.24, 2.45) is 0 Å². The third-order valence-electron chi connectivity index (χ3n) is 3.84. The molecule has 0 saturated carbocycles. The van der Waals surface area contributed by atoms with Gasteiger partial charge in [0, 0.05) is 37.8 Å². The Hall–Kier alpha value is -2.24. The van der Waals surface area contributed by atoms with Crippen LogP contribution in [0.2, 0.25) is 0 Å². The second-order valence-corrected chi connectivity index (χ2v) is 5.35. The average Bonchev–Trinajstić information content (AvgIpc) is 2.93. The first-order valence-electron chi connectivity index (χ1n) is 7.14. The Kier molecular flexibility index (Phi) is 3.68. The molecule has 0 N–H and O–H groups in total. The lowest BCUT2D eigenvalue weighted by Gasteiger charge is -2.31. The second-order valence-electron chi connectivity index (χ2n) is 5.35. The highest BCUT2D eigenvalue weighted by Crippen LogP contribution is 2.27. The van der Waals surface area contributed by atoms with Crippen molar-refractivity contribution in [1.29, 1.82) is 0 Å². The van der Waals surface area contributed by atoms with Crippen LogP contribution in [0.15, 0.2) is 22.9 Å². The molecule has 0 unspecified atom stereocenters. The van der Waals surface area contributed by atoms with Crippen LogP contribution in [0.25, 0.3) is 0 Å². The van der Waals surface area contributed by atoms with Gasteiger partial charge >= 0.3 is 0 Å². The molecule has 6 heteroatoms. The van der Waals surface area contributed by atoms with Crippen molar-refractivity contribution in [2.75, 3.05) is 13.1 Å². The summed E-state index contributed by atoms with van der Waals surface area (Å²) in [6, 6.07) is 1.97. The van der Waals surface area contributed by atoms with E-state index in [1.165, 1.54) is 6.26 Å². The Morgan fingerprint density at radius 1 is 1.29 bits per heavy atom. The molecule has 0 bridgehead atoms. The fourth-order valence-corrected chi connectivity index (χ4v) is 2.70. The molecule has 2 aromatic rings. The van der Waals surface area contributed by atoms with Crippen LogP contribution in [0.5, 0.6) is 0 Å². The van der Waals surface area contributed by atoms with Gasteiger partial charge in [-0.05, 0) is 25.8 Å². The summed E-state index contributed by atoms with van der Waals surface area (Å²) in [7, 11) is 0. The van der Waals surface area contributed by atoms with Crippen molar-refractivity contribution in [1.82, 2.24) is 19.9 Å². The van der Waals surface area contributed by atoms with E-state index in [9.17, 15) is 4.79 Å². The minimum atomic E-state index is -0.0517. The number of carbonyl (C=O) groups excluding carboxylic acids is 1. The van der Waals surface area contributed by atoms with Crippen LogP contribution in [0.3, 0.4) is 0 Å². The Morgan fingerprint density at radius 3 is 2.67 bits per heavy atom. The maximum atomic E-state index is 12.3. The molecule has 2 aromatic heterocycles. The van der Waals surface area contributed by atoms with Gasteiger partial charge in [0.2, 0.25) is 0 Å². The van der Waals surface area contributed by atoms with E-state index in [2.05, 4.69) is 15.0 Å². The number of hydrogen-bond donors (Lipinski definition) is 0. The van der Waals surface area contributed by atoms with E-state index in [0.717, 1.165) is 37.4 Å². The molecule has 0 aromatic carbocycles. The van der Waals surface area contributed by atoms with Gasteiger partial charge in [-0.2, -0.15) is 0 Å². The van der Waals surface area contributed by atoms with E-state index in [4.69, 9.17) is 4.42 Å². The molecule has 3 rings (SSSR count). The molecule has 1 aliphatic rings. The summed E-state index contributed by atoms with van der Waals surface area (Å²) in [5.41, 5.74) is 1.47. The summed E-state index contributed by atoms with van der Waals surface area (Å²) in [6.07, 6.45) is 5.06. The van der Waals surface area contributed by atoms with Gasteiger partial charge < -0.3 is 9.32 Å². The molecule has 110 valence electrons. The average molecular weight is 286 g/mol. The SMILES string of the molecule is Cc1nccc(C2CCN(C(=O)c3coc(C)n3)CC2)n1. The molecule has 0 radical (unpaired) electrons. The summed E-state index contributed by atoms with van der Waals surface area (Å²) in [4.78, 5) is 26.8. The molecule has 0 aliphatic carbocycles. The van der Waals surface area contributed by atoms with E-state index in [-0.39, 0.29) is 5.91 Å². The first-order valence-corrected chi connectivity index (χ1v) is 7.14. The van der Waals surface area contributed by atoms with E-state index >= 15 is 0 Å². The van der Waals surface area contributed by atoms with Crippen LogP contribution in [-0.2, 0) is 0 Å². The standard InChI is InChI=1S/C15H18N4O2/c1-10-16-6-3-13(17-10)12-4-7-19(8-5-12)15(20)14-9-21-11(2)18-14/h3,6,9,12H,4-5,7-8H2,1-2H3. The molecule has 1 saturated heterocycles. The maximum absolute atomic E-state index is 12.3. The normalized spacial score (nSPS) is 16.2. The van der Waals surface area contributed by atoms with Gasteiger partial charge in [0.1, 0.15) is 12.1 Å². The zero-order valence-electron chi connectivity index (χ0n) is 12.2. The molecule has 3 heterocycles. The number of amides is 1. The fourth-order valence-electron chi connectivity index (χ4n) is 2.70. The zero-order chi connectivity index (χ0) is 14.8. The number of hydrogen-bond acceptors (Lipinski definition) is 5. The molecule has 0 spiro atoms. The predicted octanol–water partition coefficient (Wildman–Crippen LogP) is 2.10. The molecule has 6 nitrogen and oxygen atoms in total. The number of rotatable bonds is 2.